The highest BCUT2D eigenvalue weighted by Crippen LogP contribution is 2.16. The fourth-order valence-corrected chi connectivity index (χ4v) is 1.88. The number of anilines is 1. The van der Waals surface area contributed by atoms with E-state index < -0.39 is 12.0 Å². The number of hydrogen-bond donors (Lipinski definition) is 1. The number of benzene rings is 2. The third kappa shape index (κ3) is 3.82. The number of carboxylic acid groups (broad SMARTS) is 1. The van der Waals surface area contributed by atoms with Gasteiger partial charge in [0.05, 0.1) is 0 Å². The fraction of sp³-hybridized carbons (Fsp3) is 0.125. The maximum absolute atomic E-state index is 11.4. The Kier molecular flexibility index (Phi) is 4.93. The first-order valence-electron chi connectivity index (χ1n) is 6.41. The van der Waals surface area contributed by atoms with Crippen LogP contribution in [0.3, 0.4) is 0 Å². The summed E-state index contributed by atoms with van der Waals surface area (Å²) in [6, 6.07) is 16.4. The number of hydrogen-bond acceptors (Lipinski definition) is 3. The van der Waals surface area contributed by atoms with Crippen molar-refractivity contribution in [3.8, 4) is 5.75 Å². The molecule has 0 aromatic heterocycles. The molecule has 1 N–H and O–H groups in total. The van der Waals surface area contributed by atoms with Crippen LogP contribution in [0.15, 0.2) is 60.7 Å². The van der Waals surface area contributed by atoms with E-state index in [1.54, 1.807) is 54.6 Å². The summed E-state index contributed by atoms with van der Waals surface area (Å²) in [4.78, 5) is 23.8. The Morgan fingerprint density at radius 1 is 1.10 bits per heavy atom. The number of amides is 1. The molecular weight excluding hydrogens is 270 g/mol. The van der Waals surface area contributed by atoms with Gasteiger partial charge in [-0.15, -0.1) is 0 Å². The van der Waals surface area contributed by atoms with Gasteiger partial charge in [0.25, 0.3) is 0 Å². The zero-order chi connectivity index (χ0) is 15.1. The average Bonchev–Trinajstić information content (AvgIpc) is 2.53. The lowest BCUT2D eigenvalue weighted by molar-refractivity contribution is -0.140. The molecule has 5 heteroatoms. The van der Waals surface area contributed by atoms with Gasteiger partial charge in [0, 0.05) is 5.69 Å². The summed E-state index contributed by atoms with van der Waals surface area (Å²) in [6.07, 6.45) is 0.502. The molecule has 0 radical (unpaired) electrons. The molecule has 0 fully saturated rings. The molecule has 108 valence electrons. The normalized spacial score (nSPS) is 11.4. The molecular formula is C16H15NO4. The Morgan fingerprint density at radius 3 is 2.19 bits per heavy atom. The van der Waals surface area contributed by atoms with Gasteiger partial charge in [0.2, 0.25) is 6.41 Å². The van der Waals surface area contributed by atoms with E-state index in [4.69, 9.17) is 4.74 Å². The summed E-state index contributed by atoms with van der Waals surface area (Å²) in [6.45, 7) is -0.132. The van der Waals surface area contributed by atoms with Crippen molar-refractivity contribution in [3.63, 3.8) is 0 Å². The molecule has 0 heterocycles. The number of carbonyl (C=O) groups is 2. The van der Waals surface area contributed by atoms with Gasteiger partial charge in [0.15, 0.2) is 6.04 Å². The minimum atomic E-state index is -1.12. The molecule has 0 bridgehead atoms. The van der Waals surface area contributed by atoms with Crippen molar-refractivity contribution < 1.29 is 19.4 Å². The Balaban J connectivity index is 2.14. The maximum atomic E-state index is 11.4. The molecule has 0 aliphatic carbocycles. The molecule has 0 saturated heterocycles. The number of aliphatic carboxylic acids is 1. The van der Waals surface area contributed by atoms with Crippen LogP contribution in [-0.2, 0) is 9.59 Å². The van der Waals surface area contributed by atoms with Gasteiger partial charge in [-0.25, -0.2) is 4.79 Å². The molecule has 5 nitrogen and oxygen atoms in total. The first-order chi connectivity index (χ1) is 10.2. The van der Waals surface area contributed by atoms with Crippen LogP contribution in [0.2, 0.25) is 0 Å². The summed E-state index contributed by atoms with van der Waals surface area (Å²) >= 11 is 0. The van der Waals surface area contributed by atoms with Crippen LogP contribution in [0.4, 0.5) is 5.69 Å². The van der Waals surface area contributed by atoms with Crippen molar-refractivity contribution in [1.29, 1.82) is 0 Å². The van der Waals surface area contributed by atoms with E-state index in [9.17, 15) is 14.7 Å². The molecule has 2 aromatic rings. The standard InChI is InChI=1S/C16H15NO4/c18-12-17(13-7-3-1-4-8-13)15(16(19)20)11-21-14-9-5-2-6-10-14/h1-10,12,15H,11H2,(H,19,20)/t15-/m0/s1. The summed E-state index contributed by atoms with van der Waals surface area (Å²) in [5.41, 5.74) is 0.511. The molecule has 0 aliphatic rings. The van der Waals surface area contributed by atoms with E-state index in [-0.39, 0.29) is 6.61 Å². The summed E-state index contributed by atoms with van der Waals surface area (Å²) in [7, 11) is 0. The quantitative estimate of drug-likeness (QED) is 0.792. The van der Waals surface area contributed by atoms with Crippen molar-refractivity contribution >= 4 is 18.1 Å². The molecule has 0 saturated carbocycles. The SMILES string of the molecule is O=CN(c1ccccc1)[C@@H](COc1ccccc1)C(=O)O. The molecule has 2 aromatic carbocycles. The number of ether oxygens (including phenoxy) is 1. The second kappa shape index (κ2) is 7.09. The van der Waals surface area contributed by atoms with Gasteiger partial charge in [-0.3, -0.25) is 9.69 Å². The Hall–Kier alpha value is -2.82. The zero-order valence-electron chi connectivity index (χ0n) is 11.3. The van der Waals surface area contributed by atoms with Crippen molar-refractivity contribution in [3.05, 3.63) is 60.7 Å². The third-order valence-corrected chi connectivity index (χ3v) is 2.94. The summed E-state index contributed by atoms with van der Waals surface area (Å²) in [5, 5.41) is 9.33. The average molecular weight is 285 g/mol. The second-order valence-corrected chi connectivity index (χ2v) is 4.33. The van der Waals surface area contributed by atoms with Gasteiger partial charge in [-0.1, -0.05) is 36.4 Å². The minimum absolute atomic E-state index is 0.132. The highest BCUT2D eigenvalue weighted by molar-refractivity contribution is 5.88. The smallest absolute Gasteiger partial charge is 0.330 e. The molecule has 1 amide bonds. The number of para-hydroxylation sites is 2. The van der Waals surface area contributed by atoms with Gasteiger partial charge >= 0.3 is 5.97 Å². The van der Waals surface area contributed by atoms with Gasteiger partial charge in [0.1, 0.15) is 12.4 Å². The Labute approximate surface area is 122 Å². The molecule has 21 heavy (non-hydrogen) atoms. The van der Waals surface area contributed by atoms with Gasteiger partial charge in [-0.05, 0) is 24.3 Å². The van der Waals surface area contributed by atoms with Gasteiger partial charge < -0.3 is 9.84 Å². The molecule has 0 aliphatic heterocycles. The summed E-state index contributed by atoms with van der Waals surface area (Å²) < 4.78 is 5.45. The topological polar surface area (TPSA) is 66.8 Å². The highest BCUT2D eigenvalue weighted by Gasteiger charge is 2.26. The second-order valence-electron chi connectivity index (χ2n) is 4.33. The van der Waals surface area contributed by atoms with Crippen LogP contribution in [0.1, 0.15) is 0 Å². The predicted molar refractivity (Wildman–Crippen MR) is 78.3 cm³/mol. The Bertz CT molecular complexity index is 586. The fourth-order valence-electron chi connectivity index (χ4n) is 1.88. The molecule has 1 atom stereocenters. The van der Waals surface area contributed by atoms with Crippen molar-refractivity contribution in [2.24, 2.45) is 0 Å². The monoisotopic (exact) mass is 285 g/mol. The van der Waals surface area contributed by atoms with Crippen LogP contribution in [0.5, 0.6) is 5.75 Å². The van der Waals surface area contributed by atoms with Crippen molar-refractivity contribution in [1.82, 2.24) is 0 Å². The van der Waals surface area contributed by atoms with Crippen LogP contribution in [0.25, 0.3) is 0 Å². The molecule has 0 spiro atoms. The van der Waals surface area contributed by atoms with E-state index in [0.717, 1.165) is 4.90 Å². The Morgan fingerprint density at radius 2 is 1.67 bits per heavy atom. The number of carbonyl (C=O) groups excluding carboxylic acids is 1. The van der Waals surface area contributed by atoms with Crippen LogP contribution in [-0.4, -0.2) is 30.1 Å². The maximum Gasteiger partial charge on any atom is 0.330 e. The number of nitrogens with zero attached hydrogens (tertiary/aromatic N) is 1. The van der Waals surface area contributed by atoms with E-state index in [1.807, 2.05) is 6.07 Å². The van der Waals surface area contributed by atoms with Crippen molar-refractivity contribution in [2.75, 3.05) is 11.5 Å². The predicted octanol–water partition coefficient (Wildman–Crippen LogP) is 2.18. The molecule has 2 rings (SSSR count). The largest absolute Gasteiger partial charge is 0.491 e. The van der Waals surface area contributed by atoms with E-state index in [2.05, 4.69) is 0 Å². The number of carboxylic acids is 1. The first-order valence-corrected chi connectivity index (χ1v) is 6.41. The minimum Gasteiger partial charge on any atom is -0.491 e. The lowest BCUT2D eigenvalue weighted by Crippen LogP contribution is -2.44. The van der Waals surface area contributed by atoms with E-state index >= 15 is 0 Å². The first kappa shape index (κ1) is 14.6. The lowest BCUT2D eigenvalue weighted by Gasteiger charge is -2.25. The highest BCUT2D eigenvalue weighted by atomic mass is 16.5. The zero-order valence-corrected chi connectivity index (χ0v) is 11.3. The van der Waals surface area contributed by atoms with Crippen LogP contribution in [0, 0.1) is 0 Å². The number of rotatable bonds is 7. The lowest BCUT2D eigenvalue weighted by atomic mass is 10.2. The van der Waals surface area contributed by atoms with Crippen LogP contribution >= 0.6 is 0 Å². The van der Waals surface area contributed by atoms with E-state index in [0.29, 0.717) is 17.8 Å². The third-order valence-electron chi connectivity index (χ3n) is 2.94. The molecule has 0 unspecified atom stereocenters. The van der Waals surface area contributed by atoms with Crippen LogP contribution < -0.4 is 9.64 Å². The van der Waals surface area contributed by atoms with E-state index in [1.165, 1.54) is 0 Å². The van der Waals surface area contributed by atoms with Crippen molar-refractivity contribution in [2.45, 2.75) is 6.04 Å². The summed E-state index contributed by atoms with van der Waals surface area (Å²) in [5.74, 6) is -0.565. The van der Waals surface area contributed by atoms with Gasteiger partial charge in [-0.2, -0.15) is 0 Å².